The van der Waals surface area contributed by atoms with Gasteiger partial charge < -0.3 is 4.79 Å². The summed E-state index contributed by atoms with van der Waals surface area (Å²) in [4.78, 5) is 21.0. The highest BCUT2D eigenvalue weighted by molar-refractivity contribution is 9.10. The number of benzene rings is 1. The van der Waals surface area contributed by atoms with Gasteiger partial charge in [-0.2, -0.15) is 0 Å². The fourth-order valence-corrected chi connectivity index (χ4v) is 1.49. The van der Waals surface area contributed by atoms with E-state index in [4.69, 9.17) is 0 Å². The number of carbonyl (C=O) groups is 2. The smallest absolute Gasteiger partial charge is 0.151 e. The molecule has 0 spiro atoms. The fourth-order valence-electron chi connectivity index (χ4n) is 1.00. The van der Waals surface area contributed by atoms with Crippen molar-refractivity contribution >= 4 is 28.5 Å². The molecule has 0 saturated carbocycles. The third-order valence-electron chi connectivity index (χ3n) is 1.88. The molecule has 0 heterocycles. The van der Waals surface area contributed by atoms with Crippen LogP contribution in [-0.2, 0) is 4.79 Å². The van der Waals surface area contributed by atoms with E-state index in [0.717, 1.165) is 22.6 Å². The number of carbonyl (C=O) groups excluding carboxylic acids is 2. The van der Waals surface area contributed by atoms with Crippen molar-refractivity contribution in [2.45, 2.75) is 12.8 Å². The van der Waals surface area contributed by atoms with Crippen molar-refractivity contribution in [1.29, 1.82) is 0 Å². The third kappa shape index (κ3) is 2.25. The SMILES string of the molecule is CC(C=O)c1ccc(C=O)c(Br)c1. The monoisotopic (exact) mass is 240 g/mol. The maximum absolute atomic E-state index is 10.5. The Kier molecular flexibility index (Phi) is 3.37. The van der Waals surface area contributed by atoms with E-state index in [-0.39, 0.29) is 5.92 Å². The van der Waals surface area contributed by atoms with Crippen LogP contribution < -0.4 is 0 Å². The largest absolute Gasteiger partial charge is 0.303 e. The van der Waals surface area contributed by atoms with Gasteiger partial charge in [-0.25, -0.2) is 0 Å². The zero-order valence-electron chi connectivity index (χ0n) is 7.16. The van der Waals surface area contributed by atoms with Gasteiger partial charge in [-0.15, -0.1) is 0 Å². The van der Waals surface area contributed by atoms with Crippen molar-refractivity contribution in [3.8, 4) is 0 Å². The van der Waals surface area contributed by atoms with Crippen LogP contribution in [0.4, 0.5) is 0 Å². The fraction of sp³-hybridized carbons (Fsp3) is 0.200. The predicted molar refractivity (Wildman–Crippen MR) is 54.0 cm³/mol. The van der Waals surface area contributed by atoms with E-state index in [2.05, 4.69) is 15.9 Å². The summed E-state index contributed by atoms with van der Waals surface area (Å²) in [5.41, 5.74) is 1.51. The lowest BCUT2D eigenvalue weighted by Gasteiger charge is -2.05. The molecule has 0 saturated heterocycles. The lowest BCUT2D eigenvalue weighted by Crippen LogP contribution is -1.95. The van der Waals surface area contributed by atoms with Crippen LogP contribution in [-0.4, -0.2) is 12.6 Å². The highest BCUT2D eigenvalue weighted by Gasteiger charge is 2.05. The molecular weight excluding hydrogens is 232 g/mol. The van der Waals surface area contributed by atoms with E-state index in [0.29, 0.717) is 5.56 Å². The van der Waals surface area contributed by atoms with E-state index >= 15 is 0 Å². The van der Waals surface area contributed by atoms with Crippen molar-refractivity contribution in [3.63, 3.8) is 0 Å². The minimum absolute atomic E-state index is 0.128. The molecule has 0 N–H and O–H groups in total. The molecule has 0 aliphatic carbocycles. The van der Waals surface area contributed by atoms with E-state index < -0.39 is 0 Å². The maximum Gasteiger partial charge on any atom is 0.151 e. The van der Waals surface area contributed by atoms with Crippen LogP contribution in [0.1, 0.15) is 28.8 Å². The zero-order chi connectivity index (χ0) is 9.84. The molecule has 13 heavy (non-hydrogen) atoms. The molecule has 1 aromatic carbocycles. The molecule has 0 amide bonds. The van der Waals surface area contributed by atoms with Gasteiger partial charge in [0.1, 0.15) is 6.29 Å². The van der Waals surface area contributed by atoms with Gasteiger partial charge in [0.2, 0.25) is 0 Å². The van der Waals surface area contributed by atoms with Crippen LogP contribution in [0.3, 0.4) is 0 Å². The second-order valence-corrected chi connectivity index (χ2v) is 3.68. The first-order valence-electron chi connectivity index (χ1n) is 3.89. The molecule has 0 aromatic heterocycles. The first-order chi connectivity index (χ1) is 6.19. The summed E-state index contributed by atoms with van der Waals surface area (Å²) in [6, 6.07) is 5.28. The topological polar surface area (TPSA) is 34.1 Å². The van der Waals surface area contributed by atoms with Crippen molar-refractivity contribution < 1.29 is 9.59 Å². The molecular formula is C10H9BrO2. The second kappa shape index (κ2) is 4.33. The molecule has 1 aromatic rings. The quantitative estimate of drug-likeness (QED) is 0.762. The van der Waals surface area contributed by atoms with Crippen LogP contribution in [0.15, 0.2) is 22.7 Å². The molecule has 1 atom stereocenters. The molecule has 0 radical (unpaired) electrons. The average molecular weight is 241 g/mol. The Bertz CT molecular complexity index is 334. The van der Waals surface area contributed by atoms with E-state index in [1.54, 1.807) is 18.2 Å². The highest BCUT2D eigenvalue weighted by Crippen LogP contribution is 2.21. The third-order valence-corrected chi connectivity index (χ3v) is 2.57. The first kappa shape index (κ1) is 10.1. The van der Waals surface area contributed by atoms with Crippen LogP contribution in [0.5, 0.6) is 0 Å². The van der Waals surface area contributed by atoms with Crippen molar-refractivity contribution in [1.82, 2.24) is 0 Å². The molecule has 1 rings (SSSR count). The summed E-state index contributed by atoms with van der Waals surface area (Å²) in [6.45, 7) is 1.81. The lowest BCUT2D eigenvalue weighted by molar-refractivity contribution is -0.108. The molecule has 1 unspecified atom stereocenters. The van der Waals surface area contributed by atoms with Crippen molar-refractivity contribution in [2.75, 3.05) is 0 Å². The summed E-state index contributed by atoms with van der Waals surface area (Å²) >= 11 is 3.26. The van der Waals surface area contributed by atoms with Gasteiger partial charge in [0, 0.05) is 16.0 Å². The van der Waals surface area contributed by atoms with Crippen molar-refractivity contribution in [2.24, 2.45) is 0 Å². The van der Waals surface area contributed by atoms with Crippen LogP contribution in [0, 0.1) is 0 Å². The Morgan fingerprint density at radius 2 is 2.08 bits per heavy atom. The van der Waals surface area contributed by atoms with Gasteiger partial charge in [0.25, 0.3) is 0 Å². The Morgan fingerprint density at radius 3 is 2.54 bits per heavy atom. The first-order valence-corrected chi connectivity index (χ1v) is 4.68. The molecule has 3 heteroatoms. The molecule has 0 aliphatic rings. The summed E-state index contributed by atoms with van der Waals surface area (Å²) in [7, 11) is 0. The Labute approximate surface area is 85.1 Å². The lowest BCUT2D eigenvalue weighted by atomic mass is 10.0. The number of halogens is 1. The summed E-state index contributed by atoms with van der Waals surface area (Å²) < 4.78 is 0.730. The number of aldehydes is 2. The highest BCUT2D eigenvalue weighted by atomic mass is 79.9. The molecule has 0 bridgehead atoms. The summed E-state index contributed by atoms with van der Waals surface area (Å²) in [5, 5.41) is 0. The summed E-state index contributed by atoms with van der Waals surface area (Å²) in [6.07, 6.45) is 1.65. The maximum atomic E-state index is 10.5. The Morgan fingerprint density at radius 1 is 1.38 bits per heavy atom. The van der Waals surface area contributed by atoms with Crippen molar-refractivity contribution in [3.05, 3.63) is 33.8 Å². The minimum atomic E-state index is -0.128. The molecule has 2 nitrogen and oxygen atoms in total. The van der Waals surface area contributed by atoms with Gasteiger partial charge >= 0.3 is 0 Å². The zero-order valence-corrected chi connectivity index (χ0v) is 8.74. The standard InChI is InChI=1S/C10H9BrO2/c1-7(5-12)8-2-3-9(6-13)10(11)4-8/h2-7H,1H3. The number of rotatable bonds is 3. The molecule has 0 aliphatic heterocycles. The molecule has 68 valence electrons. The number of hydrogen-bond donors (Lipinski definition) is 0. The van der Waals surface area contributed by atoms with E-state index in [1.165, 1.54) is 0 Å². The normalized spacial score (nSPS) is 12.2. The Hall–Kier alpha value is -0.960. The average Bonchev–Trinajstić information content (AvgIpc) is 2.16. The van der Waals surface area contributed by atoms with E-state index in [9.17, 15) is 9.59 Å². The van der Waals surface area contributed by atoms with Gasteiger partial charge in [-0.3, -0.25) is 4.79 Å². The van der Waals surface area contributed by atoms with Crippen LogP contribution in [0.25, 0.3) is 0 Å². The van der Waals surface area contributed by atoms with E-state index in [1.807, 2.05) is 6.92 Å². The van der Waals surface area contributed by atoms with Crippen LogP contribution in [0.2, 0.25) is 0 Å². The van der Waals surface area contributed by atoms with Gasteiger partial charge in [0.15, 0.2) is 6.29 Å². The van der Waals surface area contributed by atoms with Gasteiger partial charge in [-0.05, 0) is 11.6 Å². The Balaban J connectivity index is 3.08. The van der Waals surface area contributed by atoms with Gasteiger partial charge in [-0.1, -0.05) is 35.0 Å². The summed E-state index contributed by atoms with van der Waals surface area (Å²) in [5.74, 6) is -0.128. The van der Waals surface area contributed by atoms with Gasteiger partial charge in [0.05, 0.1) is 0 Å². The molecule has 0 fully saturated rings. The predicted octanol–water partition coefficient (Wildman–Crippen LogP) is 2.56. The van der Waals surface area contributed by atoms with Crippen LogP contribution >= 0.6 is 15.9 Å². The number of hydrogen-bond acceptors (Lipinski definition) is 2. The second-order valence-electron chi connectivity index (χ2n) is 2.82. The minimum Gasteiger partial charge on any atom is -0.303 e.